The third-order valence-electron chi connectivity index (χ3n) is 2.07. The van der Waals surface area contributed by atoms with Gasteiger partial charge >= 0.3 is 0 Å². The first kappa shape index (κ1) is 15.4. The van der Waals surface area contributed by atoms with E-state index in [1.54, 1.807) is 20.8 Å². The Morgan fingerprint density at radius 2 is 1.88 bits per heavy atom. The Kier molecular flexibility index (Phi) is 5.41. The van der Waals surface area contributed by atoms with Crippen molar-refractivity contribution in [3.63, 3.8) is 0 Å². The predicted molar refractivity (Wildman–Crippen MR) is 62.8 cm³/mol. The summed E-state index contributed by atoms with van der Waals surface area (Å²) >= 11 is 0. The Labute approximate surface area is 97.2 Å². The van der Waals surface area contributed by atoms with Crippen LogP contribution in [-0.4, -0.2) is 43.6 Å². The van der Waals surface area contributed by atoms with Gasteiger partial charge in [0.2, 0.25) is 5.91 Å². The summed E-state index contributed by atoms with van der Waals surface area (Å²) in [4.78, 5) is 11.4. The molecule has 0 aliphatic carbocycles. The molecular formula is C10H21NO4S. The summed E-state index contributed by atoms with van der Waals surface area (Å²) in [5.41, 5.74) is -0.538. The number of nitrogens with one attached hydrogen (secondary N) is 1. The molecule has 0 aliphatic rings. The van der Waals surface area contributed by atoms with Gasteiger partial charge in [-0.05, 0) is 0 Å². The Hall–Kier alpha value is -0.620. The lowest BCUT2D eigenvalue weighted by atomic mass is 9.96. The zero-order valence-electron chi connectivity index (χ0n) is 10.3. The summed E-state index contributed by atoms with van der Waals surface area (Å²) < 4.78 is 22.4. The van der Waals surface area contributed by atoms with Crippen molar-refractivity contribution in [3.8, 4) is 0 Å². The molecule has 0 heterocycles. The van der Waals surface area contributed by atoms with Crippen molar-refractivity contribution < 1.29 is 18.3 Å². The monoisotopic (exact) mass is 251 g/mol. The minimum absolute atomic E-state index is 0.00270. The normalized spacial score (nSPS) is 14.6. The molecule has 96 valence electrons. The smallest absolute Gasteiger partial charge is 0.225 e. The third kappa shape index (κ3) is 6.07. The minimum atomic E-state index is -3.20. The first-order chi connectivity index (χ1) is 7.08. The maximum absolute atomic E-state index is 11.4. The number of carbonyl (C=O) groups is 1. The average Bonchev–Trinajstić information content (AvgIpc) is 2.12. The van der Waals surface area contributed by atoms with Crippen LogP contribution in [0.1, 0.15) is 27.7 Å². The highest BCUT2D eigenvalue weighted by molar-refractivity contribution is 7.91. The van der Waals surface area contributed by atoms with Crippen LogP contribution in [0, 0.1) is 5.41 Å². The topological polar surface area (TPSA) is 83.5 Å². The van der Waals surface area contributed by atoms with E-state index < -0.39 is 21.4 Å². The van der Waals surface area contributed by atoms with Crippen molar-refractivity contribution in [2.24, 2.45) is 5.41 Å². The Balaban J connectivity index is 4.10. The number of sulfone groups is 1. The van der Waals surface area contributed by atoms with E-state index in [0.29, 0.717) is 0 Å². The molecule has 0 radical (unpaired) electrons. The Morgan fingerprint density at radius 1 is 1.38 bits per heavy atom. The van der Waals surface area contributed by atoms with Crippen molar-refractivity contribution in [2.45, 2.75) is 33.8 Å². The quantitative estimate of drug-likeness (QED) is 0.717. The van der Waals surface area contributed by atoms with Crippen LogP contribution in [-0.2, 0) is 14.6 Å². The molecule has 16 heavy (non-hydrogen) atoms. The lowest BCUT2D eigenvalue weighted by molar-refractivity contribution is -0.128. The largest absolute Gasteiger partial charge is 0.390 e. The van der Waals surface area contributed by atoms with E-state index in [2.05, 4.69) is 5.32 Å². The number of hydrogen-bond acceptors (Lipinski definition) is 4. The van der Waals surface area contributed by atoms with Gasteiger partial charge in [0.25, 0.3) is 0 Å². The predicted octanol–water partition coefficient (Wildman–Crippen LogP) is -0.0557. The molecule has 0 saturated heterocycles. The maximum atomic E-state index is 11.4. The Morgan fingerprint density at radius 3 is 2.25 bits per heavy atom. The van der Waals surface area contributed by atoms with Gasteiger partial charge in [0, 0.05) is 17.7 Å². The van der Waals surface area contributed by atoms with Gasteiger partial charge in [0.15, 0.2) is 9.84 Å². The van der Waals surface area contributed by atoms with Gasteiger partial charge in [-0.1, -0.05) is 27.7 Å². The van der Waals surface area contributed by atoms with E-state index in [9.17, 15) is 18.3 Å². The van der Waals surface area contributed by atoms with E-state index in [-0.39, 0.29) is 24.0 Å². The highest BCUT2D eigenvalue weighted by Gasteiger charge is 2.22. The minimum Gasteiger partial charge on any atom is -0.390 e. The van der Waals surface area contributed by atoms with Crippen LogP contribution in [0.4, 0.5) is 0 Å². The van der Waals surface area contributed by atoms with Gasteiger partial charge in [-0.25, -0.2) is 8.42 Å². The van der Waals surface area contributed by atoms with E-state index in [1.165, 1.54) is 6.92 Å². The van der Waals surface area contributed by atoms with Gasteiger partial charge in [0.05, 0.1) is 11.9 Å². The lowest BCUT2D eigenvalue weighted by Crippen LogP contribution is -2.41. The molecule has 1 unspecified atom stereocenters. The number of carbonyl (C=O) groups excluding carboxylic acids is 1. The van der Waals surface area contributed by atoms with Gasteiger partial charge < -0.3 is 10.4 Å². The first-order valence-corrected chi connectivity index (χ1v) is 7.07. The van der Waals surface area contributed by atoms with Crippen LogP contribution >= 0.6 is 0 Å². The lowest BCUT2D eigenvalue weighted by Gasteiger charge is -2.19. The highest BCUT2D eigenvalue weighted by Crippen LogP contribution is 2.12. The number of amides is 1. The van der Waals surface area contributed by atoms with Crippen LogP contribution < -0.4 is 5.32 Å². The van der Waals surface area contributed by atoms with Crippen molar-refractivity contribution in [3.05, 3.63) is 0 Å². The molecule has 2 N–H and O–H groups in total. The van der Waals surface area contributed by atoms with E-state index in [4.69, 9.17) is 0 Å². The van der Waals surface area contributed by atoms with Crippen molar-refractivity contribution >= 4 is 15.7 Å². The van der Waals surface area contributed by atoms with Crippen LogP contribution in [0.2, 0.25) is 0 Å². The molecule has 0 aromatic rings. The van der Waals surface area contributed by atoms with Crippen LogP contribution in [0.15, 0.2) is 0 Å². The van der Waals surface area contributed by atoms with Crippen molar-refractivity contribution in [1.29, 1.82) is 0 Å². The van der Waals surface area contributed by atoms with Gasteiger partial charge in [0.1, 0.15) is 0 Å². The fourth-order valence-corrected chi connectivity index (χ4v) is 1.89. The molecule has 0 aromatic heterocycles. The van der Waals surface area contributed by atoms with E-state index >= 15 is 0 Å². The van der Waals surface area contributed by atoms with Crippen molar-refractivity contribution in [2.75, 3.05) is 18.1 Å². The third-order valence-corrected chi connectivity index (χ3v) is 3.84. The summed E-state index contributed by atoms with van der Waals surface area (Å²) in [6.07, 6.45) is -1.05. The molecule has 0 aliphatic heterocycles. The van der Waals surface area contributed by atoms with Gasteiger partial charge in [-0.15, -0.1) is 0 Å². The molecule has 0 bridgehead atoms. The molecule has 0 fully saturated rings. The highest BCUT2D eigenvalue weighted by atomic mass is 32.2. The van der Waals surface area contributed by atoms with Gasteiger partial charge in [-0.3, -0.25) is 4.79 Å². The molecule has 0 aromatic carbocycles. The van der Waals surface area contributed by atoms with Crippen LogP contribution in [0.3, 0.4) is 0 Å². The molecule has 1 atom stereocenters. The number of aliphatic hydroxyl groups excluding tert-OH is 1. The summed E-state index contributed by atoms with van der Waals surface area (Å²) in [7, 11) is -3.20. The zero-order valence-corrected chi connectivity index (χ0v) is 11.1. The molecule has 6 heteroatoms. The second kappa shape index (κ2) is 5.63. The van der Waals surface area contributed by atoms with Crippen molar-refractivity contribution in [1.82, 2.24) is 5.32 Å². The molecule has 0 saturated carbocycles. The van der Waals surface area contributed by atoms with Crippen LogP contribution in [0.5, 0.6) is 0 Å². The number of hydrogen-bond donors (Lipinski definition) is 2. The fourth-order valence-electron chi connectivity index (χ4n) is 0.946. The van der Waals surface area contributed by atoms with E-state index in [1.807, 2.05) is 0 Å². The second-order valence-corrected chi connectivity index (χ2v) is 7.21. The number of rotatable bonds is 5. The Bertz CT molecular complexity index is 329. The molecule has 0 spiro atoms. The summed E-state index contributed by atoms with van der Waals surface area (Å²) in [5.74, 6) is -0.522. The summed E-state index contributed by atoms with van der Waals surface area (Å²) in [5, 5.41) is 12.0. The molecular weight excluding hydrogens is 230 g/mol. The van der Waals surface area contributed by atoms with Gasteiger partial charge in [-0.2, -0.15) is 0 Å². The average molecular weight is 251 g/mol. The number of aliphatic hydroxyl groups is 1. The SMILES string of the molecule is CCS(=O)(=O)CC(O)CNC(=O)C(C)(C)C. The fraction of sp³-hybridized carbons (Fsp3) is 0.900. The zero-order chi connectivity index (χ0) is 13.0. The first-order valence-electron chi connectivity index (χ1n) is 5.25. The van der Waals surface area contributed by atoms with Crippen LogP contribution in [0.25, 0.3) is 0 Å². The summed E-state index contributed by atoms with van der Waals surface area (Å²) in [6.45, 7) is 6.73. The molecule has 1 amide bonds. The standard InChI is InChI=1S/C10H21NO4S/c1-5-16(14,15)7-8(12)6-11-9(13)10(2,3)4/h8,12H,5-7H2,1-4H3,(H,11,13). The summed E-state index contributed by atoms with van der Waals surface area (Å²) in [6, 6.07) is 0. The van der Waals surface area contributed by atoms with E-state index in [0.717, 1.165) is 0 Å². The second-order valence-electron chi connectivity index (χ2n) is 4.81. The molecule has 5 nitrogen and oxygen atoms in total. The maximum Gasteiger partial charge on any atom is 0.225 e. The molecule has 0 rings (SSSR count).